The van der Waals surface area contributed by atoms with Crippen molar-refractivity contribution >= 4 is 17.7 Å². The van der Waals surface area contributed by atoms with Crippen LogP contribution in [0, 0.1) is 0 Å². The van der Waals surface area contributed by atoms with E-state index < -0.39 is 17.6 Å². The average molecular weight is 381 g/mol. The lowest BCUT2D eigenvalue weighted by Gasteiger charge is -2.18. The average Bonchev–Trinajstić information content (AvgIpc) is 3.37. The Kier molecular flexibility index (Phi) is 3.69. The summed E-state index contributed by atoms with van der Waals surface area (Å²) in [5, 5.41) is 0.155. The van der Waals surface area contributed by atoms with Gasteiger partial charge in [0.25, 0.3) is 5.91 Å². The predicted octanol–water partition coefficient (Wildman–Crippen LogP) is 4.08. The molecule has 0 bridgehead atoms. The summed E-state index contributed by atoms with van der Waals surface area (Å²) in [6.07, 6.45) is -0.633. The number of amides is 1. The molecule has 4 rings (SSSR count). The second-order valence-corrected chi connectivity index (χ2v) is 7.02. The zero-order chi connectivity index (χ0) is 18.7. The molecule has 1 aliphatic heterocycles. The third kappa shape index (κ3) is 2.45. The number of nitrogens with zero attached hydrogens (tertiary/aromatic N) is 3. The summed E-state index contributed by atoms with van der Waals surface area (Å²) in [7, 11) is 1.71. The van der Waals surface area contributed by atoms with Gasteiger partial charge in [-0.3, -0.25) is 4.79 Å². The van der Waals surface area contributed by atoms with Crippen molar-refractivity contribution in [3.8, 4) is 11.6 Å². The Bertz CT molecular complexity index is 913. The van der Waals surface area contributed by atoms with Gasteiger partial charge in [-0.1, -0.05) is 23.9 Å². The Morgan fingerprint density at radius 3 is 2.65 bits per heavy atom. The molecule has 26 heavy (non-hydrogen) atoms. The van der Waals surface area contributed by atoms with E-state index in [4.69, 9.17) is 4.74 Å². The lowest BCUT2D eigenvalue weighted by Crippen LogP contribution is -2.28. The van der Waals surface area contributed by atoms with Gasteiger partial charge in [-0.25, -0.2) is 4.98 Å². The molecule has 2 heterocycles. The molecule has 9 heteroatoms. The molecule has 5 nitrogen and oxygen atoms in total. The van der Waals surface area contributed by atoms with Gasteiger partial charge in [-0.15, -0.1) is 0 Å². The lowest BCUT2D eigenvalue weighted by atomic mass is 10.0. The van der Waals surface area contributed by atoms with Crippen molar-refractivity contribution in [3.63, 3.8) is 0 Å². The number of carbonyl (C=O) groups is 1. The second kappa shape index (κ2) is 5.60. The second-order valence-electron chi connectivity index (χ2n) is 6.25. The maximum absolute atomic E-state index is 13.3. The van der Waals surface area contributed by atoms with E-state index in [1.807, 2.05) is 6.07 Å². The molecule has 1 amide bonds. The molecule has 0 radical (unpaired) electrons. The van der Waals surface area contributed by atoms with Gasteiger partial charge in [0, 0.05) is 13.2 Å². The molecule has 1 aromatic heterocycles. The fraction of sp³-hybridized carbons (Fsp3) is 0.353. The topological polar surface area (TPSA) is 55.3 Å². The SMILES string of the molecule is CSc1ncc(C(F)(F)F)c(Oc2cccc3c2C(=O)N(C)C32CC2)n1. The Balaban J connectivity index is 1.81. The van der Waals surface area contributed by atoms with E-state index in [1.54, 1.807) is 24.3 Å². The van der Waals surface area contributed by atoms with Crippen LogP contribution in [0.1, 0.15) is 34.3 Å². The van der Waals surface area contributed by atoms with Gasteiger partial charge >= 0.3 is 6.18 Å². The van der Waals surface area contributed by atoms with Crippen LogP contribution >= 0.6 is 11.8 Å². The third-order valence-corrected chi connectivity index (χ3v) is 5.40. The number of thioether (sulfide) groups is 1. The number of alkyl halides is 3. The van der Waals surface area contributed by atoms with Crippen LogP contribution in [0.2, 0.25) is 0 Å². The van der Waals surface area contributed by atoms with E-state index in [1.165, 1.54) is 6.07 Å². The Labute approximate surface area is 151 Å². The summed E-state index contributed by atoms with van der Waals surface area (Å²) in [6.45, 7) is 0. The highest BCUT2D eigenvalue weighted by Crippen LogP contribution is 2.57. The number of halogens is 3. The molecule has 1 fully saturated rings. The molecule has 1 saturated carbocycles. The third-order valence-electron chi connectivity index (χ3n) is 4.84. The number of fused-ring (bicyclic) bond motifs is 2. The fourth-order valence-electron chi connectivity index (χ4n) is 3.32. The maximum atomic E-state index is 13.3. The van der Waals surface area contributed by atoms with Crippen molar-refractivity contribution in [1.82, 2.24) is 14.9 Å². The molecule has 0 saturated heterocycles. The Morgan fingerprint density at radius 2 is 2.04 bits per heavy atom. The zero-order valence-corrected chi connectivity index (χ0v) is 14.7. The van der Waals surface area contributed by atoms with Crippen LogP contribution in [-0.4, -0.2) is 34.1 Å². The van der Waals surface area contributed by atoms with Crippen LogP contribution in [0.25, 0.3) is 0 Å². The fourth-order valence-corrected chi connectivity index (χ4v) is 3.65. The van der Waals surface area contributed by atoms with Crippen LogP contribution in [0.15, 0.2) is 29.6 Å². The highest BCUT2D eigenvalue weighted by molar-refractivity contribution is 7.98. The smallest absolute Gasteiger partial charge is 0.423 e. The number of hydrogen-bond acceptors (Lipinski definition) is 5. The van der Waals surface area contributed by atoms with Gasteiger partial charge in [0.1, 0.15) is 11.3 Å². The molecule has 0 unspecified atom stereocenters. The minimum atomic E-state index is -4.66. The minimum Gasteiger partial charge on any atom is -0.437 e. The van der Waals surface area contributed by atoms with E-state index in [2.05, 4.69) is 9.97 Å². The molecular formula is C17H14F3N3O2S. The van der Waals surface area contributed by atoms with Crippen LogP contribution in [-0.2, 0) is 11.7 Å². The summed E-state index contributed by atoms with van der Waals surface area (Å²) in [5.74, 6) is -0.766. The summed E-state index contributed by atoms with van der Waals surface area (Å²) in [6, 6.07) is 5.01. The number of rotatable bonds is 3. The van der Waals surface area contributed by atoms with Crippen LogP contribution < -0.4 is 4.74 Å². The first-order valence-electron chi connectivity index (χ1n) is 7.85. The van der Waals surface area contributed by atoms with Crippen LogP contribution in [0.4, 0.5) is 13.2 Å². The number of benzene rings is 1. The van der Waals surface area contributed by atoms with E-state index in [0.29, 0.717) is 11.8 Å². The van der Waals surface area contributed by atoms with Gasteiger partial charge in [0.05, 0.1) is 11.1 Å². The van der Waals surface area contributed by atoms with Crippen LogP contribution in [0.5, 0.6) is 11.6 Å². The largest absolute Gasteiger partial charge is 0.437 e. The van der Waals surface area contributed by atoms with Gasteiger partial charge in [0.2, 0.25) is 5.88 Å². The maximum Gasteiger partial charge on any atom is 0.423 e. The summed E-state index contributed by atoms with van der Waals surface area (Å²) < 4.78 is 45.4. The predicted molar refractivity (Wildman–Crippen MR) is 88.3 cm³/mol. The summed E-state index contributed by atoms with van der Waals surface area (Å²) in [4.78, 5) is 21.8. The highest BCUT2D eigenvalue weighted by atomic mass is 32.2. The number of ether oxygens (including phenoxy) is 1. The van der Waals surface area contributed by atoms with Crippen molar-refractivity contribution in [2.45, 2.75) is 29.7 Å². The van der Waals surface area contributed by atoms with Gasteiger partial charge in [-0.2, -0.15) is 18.2 Å². The van der Waals surface area contributed by atoms with Gasteiger partial charge < -0.3 is 9.64 Å². The lowest BCUT2D eigenvalue weighted by molar-refractivity contribution is -0.139. The molecule has 2 aromatic rings. The van der Waals surface area contributed by atoms with Crippen molar-refractivity contribution in [2.75, 3.05) is 13.3 Å². The quantitative estimate of drug-likeness (QED) is 0.592. The zero-order valence-electron chi connectivity index (χ0n) is 13.9. The molecule has 136 valence electrons. The van der Waals surface area contributed by atoms with Gasteiger partial charge in [0.15, 0.2) is 5.16 Å². The summed E-state index contributed by atoms with van der Waals surface area (Å²) in [5.41, 5.74) is -0.303. The van der Waals surface area contributed by atoms with E-state index in [0.717, 1.165) is 30.2 Å². The first-order chi connectivity index (χ1) is 12.3. The number of hydrogen-bond donors (Lipinski definition) is 0. The Hall–Kier alpha value is -2.29. The van der Waals surface area contributed by atoms with Crippen molar-refractivity contribution in [2.24, 2.45) is 0 Å². The molecule has 0 N–H and O–H groups in total. The minimum absolute atomic E-state index is 0.0828. The monoisotopic (exact) mass is 381 g/mol. The van der Waals surface area contributed by atoms with Crippen LogP contribution in [0.3, 0.4) is 0 Å². The molecule has 1 spiro atoms. The molecule has 1 aromatic carbocycles. The van der Waals surface area contributed by atoms with Crippen molar-refractivity contribution < 1.29 is 22.7 Å². The van der Waals surface area contributed by atoms with E-state index in [9.17, 15) is 18.0 Å². The van der Waals surface area contributed by atoms with E-state index in [-0.39, 0.29) is 22.4 Å². The first kappa shape index (κ1) is 17.1. The normalized spacial score (nSPS) is 17.6. The first-order valence-corrected chi connectivity index (χ1v) is 9.08. The molecule has 0 atom stereocenters. The number of carbonyl (C=O) groups excluding carboxylic acids is 1. The van der Waals surface area contributed by atoms with Gasteiger partial charge in [-0.05, 0) is 30.7 Å². The highest BCUT2D eigenvalue weighted by Gasteiger charge is 2.57. The number of aromatic nitrogens is 2. The van der Waals surface area contributed by atoms with Crippen molar-refractivity contribution in [3.05, 3.63) is 41.1 Å². The van der Waals surface area contributed by atoms with Crippen molar-refractivity contribution in [1.29, 1.82) is 0 Å². The van der Waals surface area contributed by atoms with E-state index >= 15 is 0 Å². The molecule has 1 aliphatic carbocycles. The summed E-state index contributed by atoms with van der Waals surface area (Å²) >= 11 is 1.10. The molecular weight excluding hydrogens is 367 g/mol. The standard InChI is InChI=1S/C17H14F3N3O2S/c1-23-14(24)12-9(16(23)6-7-16)4-3-5-11(12)25-13-10(17(18,19)20)8-21-15(22-13)26-2/h3-5,8H,6-7H2,1-2H3. The Morgan fingerprint density at radius 1 is 1.31 bits per heavy atom. The molecule has 2 aliphatic rings.